The molecule has 0 aliphatic heterocycles. The van der Waals surface area contributed by atoms with E-state index in [1.807, 2.05) is 0 Å². The Bertz CT molecular complexity index is 444. The fourth-order valence-corrected chi connectivity index (χ4v) is 1.65. The van der Waals surface area contributed by atoms with Crippen molar-refractivity contribution in [2.45, 2.75) is 18.4 Å². The highest BCUT2D eigenvalue weighted by Gasteiger charge is 2.41. The number of hydrogen-bond donors (Lipinski definition) is 1. The van der Waals surface area contributed by atoms with Crippen LogP contribution in [0, 0.1) is 5.82 Å². The molecule has 20 heavy (non-hydrogen) atoms. The van der Waals surface area contributed by atoms with E-state index in [1.54, 1.807) is 0 Å². The quantitative estimate of drug-likeness (QED) is 0.775. The van der Waals surface area contributed by atoms with Gasteiger partial charge in [-0.3, -0.25) is 0 Å². The molecule has 0 saturated heterocycles. The lowest BCUT2D eigenvalue weighted by Gasteiger charge is -2.20. The van der Waals surface area contributed by atoms with Gasteiger partial charge in [0.1, 0.15) is 12.4 Å². The summed E-state index contributed by atoms with van der Waals surface area (Å²) < 4.78 is 67.3. The van der Waals surface area contributed by atoms with E-state index in [4.69, 9.17) is 11.6 Å². The van der Waals surface area contributed by atoms with Crippen LogP contribution < -0.4 is 5.32 Å². The first-order chi connectivity index (χ1) is 9.27. The van der Waals surface area contributed by atoms with E-state index in [9.17, 15) is 22.0 Å². The molecule has 1 atom stereocenters. The van der Waals surface area contributed by atoms with Gasteiger partial charge >= 0.3 is 12.3 Å². The van der Waals surface area contributed by atoms with Crippen LogP contribution in [-0.4, -0.2) is 32.6 Å². The second-order valence-corrected chi connectivity index (χ2v) is 4.52. The highest BCUT2D eigenvalue weighted by molar-refractivity contribution is 6.30. The maximum absolute atomic E-state index is 13.6. The zero-order chi connectivity index (χ0) is 15.3. The van der Waals surface area contributed by atoms with Crippen molar-refractivity contribution in [2.24, 2.45) is 0 Å². The van der Waals surface area contributed by atoms with Crippen molar-refractivity contribution in [1.82, 2.24) is 5.32 Å². The summed E-state index contributed by atoms with van der Waals surface area (Å²) in [5, 5.41) is 2.84. The molecule has 1 unspecified atom stereocenters. The maximum Gasteiger partial charge on any atom is 0.330 e. The molecule has 0 heterocycles. The van der Waals surface area contributed by atoms with E-state index in [0.717, 1.165) is 6.07 Å². The van der Waals surface area contributed by atoms with Gasteiger partial charge in [0, 0.05) is 10.6 Å². The number of ether oxygens (including phenoxy) is 1. The van der Waals surface area contributed by atoms with Gasteiger partial charge in [-0.25, -0.2) is 13.2 Å². The van der Waals surface area contributed by atoms with Gasteiger partial charge in [0.05, 0.1) is 12.6 Å². The van der Waals surface area contributed by atoms with Crippen LogP contribution in [0.5, 0.6) is 0 Å². The molecular weight excluding hydrogens is 305 g/mol. The molecule has 2 nitrogen and oxygen atoms in total. The molecular formula is C12H13ClF5NO. The van der Waals surface area contributed by atoms with Crippen LogP contribution in [0.1, 0.15) is 11.6 Å². The summed E-state index contributed by atoms with van der Waals surface area (Å²) in [6.45, 7) is -1.81. The first-order valence-electron chi connectivity index (χ1n) is 5.64. The SMILES string of the molecule is CNC(COCC(F)(F)C(F)F)c1ccc(Cl)cc1F. The topological polar surface area (TPSA) is 21.3 Å². The summed E-state index contributed by atoms with van der Waals surface area (Å²) in [5.74, 6) is -4.86. The number of nitrogens with one attached hydrogen (secondary N) is 1. The molecule has 0 spiro atoms. The highest BCUT2D eigenvalue weighted by atomic mass is 35.5. The van der Waals surface area contributed by atoms with Crippen LogP contribution in [0.3, 0.4) is 0 Å². The second kappa shape index (κ2) is 7.19. The van der Waals surface area contributed by atoms with Crippen molar-refractivity contribution < 1.29 is 26.7 Å². The predicted molar refractivity (Wildman–Crippen MR) is 65.0 cm³/mol. The summed E-state index contributed by atoms with van der Waals surface area (Å²) in [4.78, 5) is 0. The molecule has 0 saturated carbocycles. The van der Waals surface area contributed by atoms with Crippen LogP contribution in [-0.2, 0) is 4.74 Å². The average molecular weight is 318 g/mol. The van der Waals surface area contributed by atoms with Crippen LogP contribution in [0.15, 0.2) is 18.2 Å². The van der Waals surface area contributed by atoms with Gasteiger partial charge in [-0.2, -0.15) is 8.78 Å². The van der Waals surface area contributed by atoms with E-state index in [-0.39, 0.29) is 17.2 Å². The van der Waals surface area contributed by atoms with Crippen molar-refractivity contribution in [3.63, 3.8) is 0 Å². The molecule has 0 aliphatic rings. The molecule has 8 heteroatoms. The zero-order valence-electron chi connectivity index (χ0n) is 10.5. The van der Waals surface area contributed by atoms with Crippen LogP contribution in [0.2, 0.25) is 5.02 Å². The second-order valence-electron chi connectivity index (χ2n) is 4.08. The normalized spacial score (nSPS) is 13.8. The first-order valence-corrected chi connectivity index (χ1v) is 6.01. The van der Waals surface area contributed by atoms with Crippen molar-refractivity contribution in [3.05, 3.63) is 34.6 Å². The number of hydrogen-bond acceptors (Lipinski definition) is 2. The third-order valence-corrected chi connectivity index (χ3v) is 2.82. The minimum absolute atomic E-state index is 0.150. The van der Waals surface area contributed by atoms with E-state index >= 15 is 0 Å². The number of halogens is 6. The molecule has 1 rings (SSSR count). The number of likely N-dealkylation sites (N-methyl/N-ethyl adjacent to an activating group) is 1. The van der Waals surface area contributed by atoms with E-state index < -0.39 is 30.8 Å². The van der Waals surface area contributed by atoms with Crippen LogP contribution >= 0.6 is 11.6 Å². The van der Waals surface area contributed by atoms with E-state index in [2.05, 4.69) is 10.1 Å². The lowest BCUT2D eigenvalue weighted by molar-refractivity contribution is -0.167. The molecule has 0 bridgehead atoms. The molecule has 0 aliphatic carbocycles. The van der Waals surface area contributed by atoms with Gasteiger partial charge < -0.3 is 10.1 Å². The van der Waals surface area contributed by atoms with Gasteiger partial charge in [-0.1, -0.05) is 17.7 Å². The molecule has 0 aromatic heterocycles. The van der Waals surface area contributed by atoms with Crippen LogP contribution in [0.25, 0.3) is 0 Å². The number of rotatable bonds is 7. The standard InChI is InChI=1S/C12H13ClF5NO/c1-19-10(5-20-6-12(17,18)11(15)16)8-3-2-7(13)4-9(8)14/h2-4,10-11,19H,5-6H2,1H3. The smallest absolute Gasteiger partial charge is 0.330 e. The summed E-state index contributed by atoms with van der Waals surface area (Å²) in [5.41, 5.74) is 0.150. The van der Waals surface area contributed by atoms with Gasteiger partial charge in [0.25, 0.3) is 0 Å². The van der Waals surface area contributed by atoms with Crippen molar-refractivity contribution in [1.29, 1.82) is 0 Å². The van der Waals surface area contributed by atoms with Gasteiger partial charge in [0.15, 0.2) is 0 Å². The summed E-state index contributed by atoms with van der Waals surface area (Å²) in [7, 11) is 1.47. The Labute approximate surface area is 117 Å². The Morgan fingerprint density at radius 3 is 2.50 bits per heavy atom. The lowest BCUT2D eigenvalue weighted by atomic mass is 10.1. The fourth-order valence-electron chi connectivity index (χ4n) is 1.49. The summed E-state index contributed by atoms with van der Waals surface area (Å²) in [6, 6.07) is 3.11. The monoisotopic (exact) mass is 317 g/mol. The Hall–Kier alpha value is -0.920. The minimum atomic E-state index is -4.23. The average Bonchev–Trinajstić information content (AvgIpc) is 2.35. The van der Waals surface area contributed by atoms with Gasteiger partial charge in [-0.15, -0.1) is 0 Å². The van der Waals surface area contributed by atoms with Crippen molar-refractivity contribution in [3.8, 4) is 0 Å². The van der Waals surface area contributed by atoms with E-state index in [1.165, 1.54) is 19.2 Å². The largest absolute Gasteiger partial charge is 0.373 e. The van der Waals surface area contributed by atoms with E-state index in [0.29, 0.717) is 0 Å². The molecule has 0 amide bonds. The third kappa shape index (κ3) is 4.57. The van der Waals surface area contributed by atoms with Crippen molar-refractivity contribution in [2.75, 3.05) is 20.3 Å². The molecule has 0 fully saturated rings. The van der Waals surface area contributed by atoms with Crippen LogP contribution in [0.4, 0.5) is 22.0 Å². The fraction of sp³-hybridized carbons (Fsp3) is 0.500. The highest BCUT2D eigenvalue weighted by Crippen LogP contribution is 2.25. The predicted octanol–water partition coefficient (Wildman–Crippen LogP) is 3.66. The lowest BCUT2D eigenvalue weighted by Crippen LogP contribution is -2.34. The molecule has 0 radical (unpaired) electrons. The first kappa shape index (κ1) is 17.1. The Kier molecular flexibility index (Phi) is 6.16. The molecule has 1 aromatic carbocycles. The van der Waals surface area contributed by atoms with Crippen molar-refractivity contribution >= 4 is 11.6 Å². The number of alkyl halides is 4. The Morgan fingerprint density at radius 1 is 1.35 bits per heavy atom. The maximum atomic E-state index is 13.6. The van der Waals surface area contributed by atoms with Gasteiger partial charge in [-0.05, 0) is 19.2 Å². The Balaban J connectivity index is 2.64. The van der Waals surface area contributed by atoms with Gasteiger partial charge in [0.2, 0.25) is 0 Å². The minimum Gasteiger partial charge on any atom is -0.373 e. The molecule has 114 valence electrons. The number of benzene rings is 1. The summed E-state index contributed by atoms with van der Waals surface area (Å²) in [6.07, 6.45) is -3.80. The Morgan fingerprint density at radius 2 is 2.00 bits per heavy atom. The molecule has 1 aromatic rings. The third-order valence-electron chi connectivity index (χ3n) is 2.58. The summed E-state index contributed by atoms with van der Waals surface area (Å²) >= 11 is 5.59. The molecule has 1 N–H and O–H groups in total. The zero-order valence-corrected chi connectivity index (χ0v) is 11.2.